The highest BCUT2D eigenvalue weighted by atomic mass is 79.9. The number of benzene rings is 2. The van der Waals surface area contributed by atoms with E-state index in [0.29, 0.717) is 17.2 Å². The minimum Gasteiger partial charge on any atom is -0.455 e. The SMILES string of the molecule is Cc1cc(Br)cc(Oc2ccc(S(C)(=O)=O)cc2)c1N. The lowest BCUT2D eigenvalue weighted by Gasteiger charge is -2.11. The summed E-state index contributed by atoms with van der Waals surface area (Å²) in [6.07, 6.45) is 1.17. The van der Waals surface area contributed by atoms with E-state index < -0.39 is 9.84 Å². The Morgan fingerprint density at radius 3 is 2.30 bits per heavy atom. The van der Waals surface area contributed by atoms with E-state index in [4.69, 9.17) is 10.5 Å². The van der Waals surface area contributed by atoms with Crippen molar-refractivity contribution in [2.75, 3.05) is 12.0 Å². The van der Waals surface area contributed by atoms with Crippen LogP contribution in [0.25, 0.3) is 0 Å². The van der Waals surface area contributed by atoms with Gasteiger partial charge in [-0.25, -0.2) is 8.42 Å². The van der Waals surface area contributed by atoms with E-state index in [1.54, 1.807) is 18.2 Å². The molecule has 6 heteroatoms. The number of anilines is 1. The van der Waals surface area contributed by atoms with E-state index in [0.717, 1.165) is 10.0 Å². The normalized spacial score (nSPS) is 11.3. The second-order valence-electron chi connectivity index (χ2n) is 4.48. The molecule has 0 saturated heterocycles. The minimum absolute atomic E-state index is 0.253. The van der Waals surface area contributed by atoms with Crippen molar-refractivity contribution in [1.82, 2.24) is 0 Å². The molecule has 0 bridgehead atoms. The van der Waals surface area contributed by atoms with Gasteiger partial charge in [0, 0.05) is 10.7 Å². The summed E-state index contributed by atoms with van der Waals surface area (Å²) in [7, 11) is -3.20. The fourth-order valence-corrected chi connectivity index (χ4v) is 2.87. The summed E-state index contributed by atoms with van der Waals surface area (Å²) in [6, 6.07) is 9.89. The molecule has 0 fully saturated rings. The van der Waals surface area contributed by atoms with Gasteiger partial charge in [0.25, 0.3) is 0 Å². The molecule has 0 aromatic heterocycles. The number of rotatable bonds is 3. The molecule has 0 amide bonds. The fraction of sp³-hybridized carbons (Fsp3) is 0.143. The summed E-state index contributed by atoms with van der Waals surface area (Å²) in [4.78, 5) is 0.253. The summed E-state index contributed by atoms with van der Waals surface area (Å²) >= 11 is 3.38. The molecule has 0 radical (unpaired) electrons. The Hall–Kier alpha value is -1.53. The number of sulfone groups is 1. The van der Waals surface area contributed by atoms with E-state index in [1.807, 2.05) is 13.0 Å². The number of hydrogen-bond acceptors (Lipinski definition) is 4. The van der Waals surface area contributed by atoms with Crippen LogP contribution in [0.5, 0.6) is 11.5 Å². The summed E-state index contributed by atoms with van der Waals surface area (Å²) in [5.41, 5.74) is 7.42. The van der Waals surface area contributed by atoms with Crippen molar-refractivity contribution < 1.29 is 13.2 Å². The Kier molecular flexibility index (Phi) is 4.06. The fourth-order valence-electron chi connectivity index (χ4n) is 1.69. The molecule has 0 aliphatic carbocycles. The Balaban J connectivity index is 2.32. The monoisotopic (exact) mass is 355 g/mol. The molecular formula is C14H14BrNO3S. The average molecular weight is 356 g/mol. The van der Waals surface area contributed by atoms with Gasteiger partial charge in [0.15, 0.2) is 15.6 Å². The molecule has 0 atom stereocenters. The highest BCUT2D eigenvalue weighted by Crippen LogP contribution is 2.33. The molecule has 2 N–H and O–H groups in total. The number of hydrogen-bond donors (Lipinski definition) is 1. The maximum atomic E-state index is 11.4. The van der Waals surface area contributed by atoms with Gasteiger partial charge in [-0.1, -0.05) is 15.9 Å². The van der Waals surface area contributed by atoms with Crippen LogP contribution in [0.4, 0.5) is 5.69 Å². The van der Waals surface area contributed by atoms with Gasteiger partial charge >= 0.3 is 0 Å². The zero-order chi connectivity index (χ0) is 14.9. The van der Waals surface area contributed by atoms with Gasteiger partial charge in [0.2, 0.25) is 0 Å². The lowest BCUT2D eigenvalue weighted by Crippen LogP contribution is -1.97. The van der Waals surface area contributed by atoms with E-state index in [-0.39, 0.29) is 4.90 Å². The van der Waals surface area contributed by atoms with Crippen LogP contribution in [0.3, 0.4) is 0 Å². The maximum Gasteiger partial charge on any atom is 0.175 e. The van der Waals surface area contributed by atoms with E-state index in [2.05, 4.69) is 15.9 Å². The molecule has 0 aliphatic rings. The molecule has 0 aliphatic heterocycles. The van der Waals surface area contributed by atoms with Crippen LogP contribution in [0, 0.1) is 6.92 Å². The minimum atomic E-state index is -3.20. The molecule has 0 saturated carbocycles. The van der Waals surface area contributed by atoms with Gasteiger partial charge in [-0.15, -0.1) is 0 Å². The Morgan fingerprint density at radius 1 is 1.15 bits per heavy atom. The quantitative estimate of drug-likeness (QED) is 0.854. The second-order valence-corrected chi connectivity index (χ2v) is 7.41. The lowest BCUT2D eigenvalue weighted by molar-refractivity contribution is 0.484. The van der Waals surface area contributed by atoms with Gasteiger partial charge < -0.3 is 10.5 Å². The first-order valence-electron chi connectivity index (χ1n) is 5.81. The van der Waals surface area contributed by atoms with Crippen LogP contribution in [0.1, 0.15) is 5.56 Å². The lowest BCUT2D eigenvalue weighted by atomic mass is 10.2. The average Bonchev–Trinajstić information content (AvgIpc) is 2.35. The van der Waals surface area contributed by atoms with Crippen LogP contribution < -0.4 is 10.5 Å². The van der Waals surface area contributed by atoms with Crippen LogP contribution in [-0.2, 0) is 9.84 Å². The predicted octanol–water partition coefficient (Wildman–Crippen LogP) is 3.54. The third-order valence-electron chi connectivity index (χ3n) is 2.79. The third kappa shape index (κ3) is 3.32. The van der Waals surface area contributed by atoms with Crippen molar-refractivity contribution in [3.63, 3.8) is 0 Å². The summed E-state index contributed by atoms with van der Waals surface area (Å²) < 4.78 is 29.3. The highest BCUT2D eigenvalue weighted by molar-refractivity contribution is 9.10. The van der Waals surface area contributed by atoms with Crippen LogP contribution in [-0.4, -0.2) is 14.7 Å². The molecule has 2 aromatic carbocycles. The van der Waals surface area contributed by atoms with Gasteiger partial charge in [0.05, 0.1) is 10.6 Å². The van der Waals surface area contributed by atoms with Crippen molar-refractivity contribution in [3.05, 3.63) is 46.4 Å². The van der Waals surface area contributed by atoms with Gasteiger partial charge in [-0.3, -0.25) is 0 Å². The Morgan fingerprint density at radius 2 is 1.75 bits per heavy atom. The van der Waals surface area contributed by atoms with Crippen molar-refractivity contribution in [2.24, 2.45) is 0 Å². The molecular weight excluding hydrogens is 342 g/mol. The largest absolute Gasteiger partial charge is 0.455 e. The Bertz CT molecular complexity index is 740. The molecule has 106 valence electrons. The summed E-state index contributed by atoms with van der Waals surface area (Å²) in [6.45, 7) is 1.89. The standard InChI is InChI=1S/C14H14BrNO3S/c1-9-7-10(15)8-13(14(9)16)19-11-3-5-12(6-4-11)20(2,17)18/h3-8H,16H2,1-2H3. The van der Waals surface area contributed by atoms with E-state index in [9.17, 15) is 8.42 Å². The zero-order valence-corrected chi connectivity index (χ0v) is 13.5. The first-order valence-corrected chi connectivity index (χ1v) is 8.49. The number of aryl methyl sites for hydroxylation is 1. The van der Waals surface area contributed by atoms with Gasteiger partial charge in [-0.2, -0.15) is 0 Å². The molecule has 2 aromatic rings. The number of halogens is 1. The summed E-state index contributed by atoms with van der Waals surface area (Å²) in [5.74, 6) is 1.06. The second kappa shape index (κ2) is 5.46. The number of ether oxygens (including phenoxy) is 1. The van der Waals surface area contributed by atoms with Crippen molar-refractivity contribution in [2.45, 2.75) is 11.8 Å². The molecule has 0 heterocycles. The van der Waals surface area contributed by atoms with Crippen molar-refractivity contribution >= 4 is 31.5 Å². The molecule has 2 rings (SSSR count). The first-order chi connectivity index (χ1) is 9.27. The first kappa shape index (κ1) is 14.9. The molecule has 0 unspecified atom stereocenters. The molecule has 4 nitrogen and oxygen atoms in total. The number of nitrogen functional groups attached to an aromatic ring is 1. The predicted molar refractivity (Wildman–Crippen MR) is 82.9 cm³/mol. The number of nitrogens with two attached hydrogens (primary N) is 1. The highest BCUT2D eigenvalue weighted by Gasteiger charge is 2.09. The topological polar surface area (TPSA) is 69.4 Å². The van der Waals surface area contributed by atoms with E-state index >= 15 is 0 Å². The Labute approximate surface area is 126 Å². The summed E-state index contributed by atoms with van der Waals surface area (Å²) in [5, 5.41) is 0. The molecule has 0 spiro atoms. The third-order valence-corrected chi connectivity index (χ3v) is 4.38. The smallest absolute Gasteiger partial charge is 0.175 e. The zero-order valence-electron chi connectivity index (χ0n) is 11.1. The van der Waals surface area contributed by atoms with Crippen molar-refractivity contribution in [3.8, 4) is 11.5 Å². The van der Waals surface area contributed by atoms with Crippen LogP contribution in [0.15, 0.2) is 45.8 Å². The maximum absolute atomic E-state index is 11.4. The van der Waals surface area contributed by atoms with Crippen LogP contribution >= 0.6 is 15.9 Å². The van der Waals surface area contributed by atoms with Crippen LogP contribution in [0.2, 0.25) is 0 Å². The van der Waals surface area contributed by atoms with Crippen molar-refractivity contribution in [1.29, 1.82) is 0 Å². The molecule has 20 heavy (non-hydrogen) atoms. The van der Waals surface area contributed by atoms with Gasteiger partial charge in [0.1, 0.15) is 5.75 Å². The van der Waals surface area contributed by atoms with E-state index in [1.165, 1.54) is 18.4 Å². The van der Waals surface area contributed by atoms with Gasteiger partial charge in [-0.05, 0) is 48.9 Å².